The van der Waals surface area contributed by atoms with Crippen LogP contribution < -0.4 is 11.1 Å². The molecule has 0 saturated carbocycles. The van der Waals surface area contributed by atoms with Crippen LogP contribution in [0.15, 0.2) is 18.3 Å². The minimum atomic E-state index is 0.298. The van der Waals surface area contributed by atoms with Crippen LogP contribution in [-0.4, -0.2) is 21.3 Å². The van der Waals surface area contributed by atoms with Crippen molar-refractivity contribution in [2.24, 2.45) is 0 Å². The predicted molar refractivity (Wildman–Crippen MR) is 69.4 cm³/mol. The average Bonchev–Trinajstić information content (AvgIpc) is 2.66. The third kappa shape index (κ3) is 1.98. The van der Waals surface area contributed by atoms with Gasteiger partial charge < -0.3 is 11.1 Å². The van der Waals surface area contributed by atoms with Gasteiger partial charge in [-0.3, -0.25) is 0 Å². The molecule has 18 heavy (non-hydrogen) atoms. The quantitative estimate of drug-likeness (QED) is 0.850. The van der Waals surface area contributed by atoms with Crippen LogP contribution in [0.1, 0.15) is 18.1 Å². The van der Waals surface area contributed by atoms with E-state index in [0.717, 1.165) is 5.56 Å². The van der Waals surface area contributed by atoms with Crippen molar-refractivity contribution in [3.63, 3.8) is 0 Å². The van der Waals surface area contributed by atoms with Crippen molar-refractivity contribution in [3.05, 3.63) is 29.5 Å². The van der Waals surface area contributed by atoms with Crippen molar-refractivity contribution < 1.29 is 0 Å². The van der Waals surface area contributed by atoms with Crippen LogP contribution in [0.5, 0.6) is 0 Å². The minimum Gasteiger partial charge on any atom is -0.382 e. The molecule has 2 aromatic rings. The molecular formula is C12H14N6. The topological polar surface area (TPSA) is 92.6 Å². The fourth-order valence-corrected chi connectivity index (χ4v) is 1.64. The van der Waals surface area contributed by atoms with Crippen molar-refractivity contribution in [2.45, 2.75) is 13.8 Å². The van der Waals surface area contributed by atoms with E-state index in [1.807, 2.05) is 26.0 Å². The van der Waals surface area contributed by atoms with Gasteiger partial charge >= 0.3 is 0 Å². The Hall–Kier alpha value is -2.55. The molecule has 0 radical (unpaired) electrons. The Bertz CT molecular complexity index is 608. The van der Waals surface area contributed by atoms with E-state index in [1.165, 1.54) is 4.68 Å². The van der Waals surface area contributed by atoms with Crippen LogP contribution in [0.2, 0.25) is 0 Å². The van der Waals surface area contributed by atoms with Crippen LogP contribution in [-0.2, 0) is 0 Å². The standard InChI is InChI=1S/C12H14N6/c1-3-15-12-9(7-13)11(14)18(17-12)10-6-8(2)4-5-16-10/h4-6H,3,14H2,1-2H3,(H,15,17). The van der Waals surface area contributed by atoms with E-state index in [2.05, 4.69) is 21.5 Å². The summed E-state index contributed by atoms with van der Waals surface area (Å²) in [5, 5.41) is 16.4. The molecule has 0 atom stereocenters. The van der Waals surface area contributed by atoms with Crippen LogP contribution in [0.25, 0.3) is 5.82 Å². The van der Waals surface area contributed by atoms with Crippen molar-refractivity contribution in [3.8, 4) is 11.9 Å². The molecule has 2 aromatic heterocycles. The van der Waals surface area contributed by atoms with Crippen molar-refractivity contribution in [1.29, 1.82) is 5.26 Å². The van der Waals surface area contributed by atoms with E-state index < -0.39 is 0 Å². The van der Waals surface area contributed by atoms with Gasteiger partial charge in [-0.25, -0.2) is 4.98 Å². The lowest BCUT2D eigenvalue weighted by atomic mass is 10.3. The number of nitrogens with two attached hydrogens (primary N) is 1. The molecule has 6 nitrogen and oxygen atoms in total. The van der Waals surface area contributed by atoms with Crippen LogP contribution in [0.4, 0.5) is 11.6 Å². The summed E-state index contributed by atoms with van der Waals surface area (Å²) in [6.07, 6.45) is 1.69. The fourth-order valence-electron chi connectivity index (χ4n) is 1.64. The van der Waals surface area contributed by atoms with E-state index in [-0.39, 0.29) is 0 Å². The van der Waals surface area contributed by atoms with E-state index >= 15 is 0 Å². The van der Waals surface area contributed by atoms with E-state index in [4.69, 9.17) is 11.0 Å². The molecule has 0 amide bonds. The molecule has 3 N–H and O–H groups in total. The van der Waals surface area contributed by atoms with Gasteiger partial charge in [-0.1, -0.05) is 0 Å². The second-order valence-corrected chi connectivity index (χ2v) is 3.85. The fraction of sp³-hybridized carbons (Fsp3) is 0.250. The van der Waals surface area contributed by atoms with Gasteiger partial charge in [0.2, 0.25) is 0 Å². The largest absolute Gasteiger partial charge is 0.382 e. The van der Waals surface area contributed by atoms with Gasteiger partial charge in [-0.05, 0) is 31.5 Å². The zero-order valence-electron chi connectivity index (χ0n) is 10.3. The number of nitrogens with zero attached hydrogens (tertiary/aromatic N) is 4. The Balaban J connectivity index is 2.56. The molecule has 0 spiro atoms. The van der Waals surface area contributed by atoms with Gasteiger partial charge in [0, 0.05) is 12.7 Å². The zero-order chi connectivity index (χ0) is 13.1. The molecule has 0 aliphatic heterocycles. The lowest BCUT2D eigenvalue weighted by Crippen LogP contribution is -2.05. The summed E-state index contributed by atoms with van der Waals surface area (Å²) in [5.41, 5.74) is 7.33. The van der Waals surface area contributed by atoms with Crippen LogP contribution >= 0.6 is 0 Å². The first-order valence-electron chi connectivity index (χ1n) is 5.62. The van der Waals surface area contributed by atoms with E-state index in [0.29, 0.717) is 29.6 Å². The summed E-state index contributed by atoms with van der Waals surface area (Å²) in [7, 11) is 0. The first-order chi connectivity index (χ1) is 8.67. The Morgan fingerprint density at radius 3 is 2.94 bits per heavy atom. The smallest absolute Gasteiger partial charge is 0.168 e. The number of pyridine rings is 1. The number of aryl methyl sites for hydroxylation is 1. The molecule has 0 aliphatic rings. The number of rotatable bonds is 3. The van der Waals surface area contributed by atoms with Gasteiger partial charge in [-0.15, -0.1) is 5.10 Å². The predicted octanol–water partition coefficient (Wildman–Crippen LogP) is 1.46. The molecule has 6 heteroatoms. The summed E-state index contributed by atoms with van der Waals surface area (Å²) >= 11 is 0. The Morgan fingerprint density at radius 1 is 1.56 bits per heavy atom. The van der Waals surface area contributed by atoms with Gasteiger partial charge in [-0.2, -0.15) is 9.94 Å². The lowest BCUT2D eigenvalue weighted by molar-refractivity contribution is 0.855. The third-order valence-electron chi connectivity index (χ3n) is 2.50. The first-order valence-corrected chi connectivity index (χ1v) is 5.62. The minimum absolute atomic E-state index is 0.298. The summed E-state index contributed by atoms with van der Waals surface area (Å²) < 4.78 is 1.48. The summed E-state index contributed by atoms with van der Waals surface area (Å²) in [6.45, 7) is 4.56. The highest BCUT2D eigenvalue weighted by molar-refractivity contribution is 5.65. The molecule has 92 valence electrons. The van der Waals surface area contributed by atoms with Crippen LogP contribution in [0.3, 0.4) is 0 Å². The third-order valence-corrected chi connectivity index (χ3v) is 2.50. The van der Waals surface area contributed by atoms with Crippen molar-refractivity contribution in [2.75, 3.05) is 17.6 Å². The van der Waals surface area contributed by atoms with Gasteiger partial charge in [0.15, 0.2) is 11.6 Å². The Kier molecular flexibility index (Phi) is 3.15. The SMILES string of the molecule is CCNc1nn(-c2cc(C)ccn2)c(N)c1C#N. The molecule has 0 fully saturated rings. The highest BCUT2D eigenvalue weighted by Crippen LogP contribution is 2.23. The number of aromatic nitrogens is 3. The second kappa shape index (κ2) is 4.75. The molecule has 0 aromatic carbocycles. The number of hydrogen-bond acceptors (Lipinski definition) is 5. The molecule has 0 unspecified atom stereocenters. The number of hydrogen-bond donors (Lipinski definition) is 2. The molecular weight excluding hydrogens is 228 g/mol. The molecule has 0 saturated heterocycles. The maximum Gasteiger partial charge on any atom is 0.168 e. The Labute approximate surface area is 105 Å². The van der Waals surface area contributed by atoms with E-state index in [1.54, 1.807) is 6.20 Å². The molecule has 2 heterocycles. The number of anilines is 2. The summed E-state index contributed by atoms with van der Waals surface area (Å²) in [5.74, 6) is 1.39. The summed E-state index contributed by atoms with van der Waals surface area (Å²) in [6, 6.07) is 5.80. The number of nitrogens with one attached hydrogen (secondary N) is 1. The van der Waals surface area contributed by atoms with Gasteiger partial charge in [0.05, 0.1) is 0 Å². The van der Waals surface area contributed by atoms with Gasteiger partial charge in [0.25, 0.3) is 0 Å². The van der Waals surface area contributed by atoms with Crippen molar-refractivity contribution >= 4 is 11.6 Å². The monoisotopic (exact) mass is 242 g/mol. The lowest BCUT2D eigenvalue weighted by Gasteiger charge is -2.03. The molecule has 2 rings (SSSR count). The number of nitrogen functional groups attached to an aromatic ring is 1. The highest BCUT2D eigenvalue weighted by Gasteiger charge is 2.16. The Morgan fingerprint density at radius 2 is 2.33 bits per heavy atom. The second-order valence-electron chi connectivity index (χ2n) is 3.85. The highest BCUT2D eigenvalue weighted by atomic mass is 15.4. The van der Waals surface area contributed by atoms with Crippen LogP contribution in [0, 0.1) is 18.3 Å². The average molecular weight is 242 g/mol. The molecule has 0 aliphatic carbocycles. The number of nitriles is 1. The normalized spacial score (nSPS) is 10.1. The van der Waals surface area contributed by atoms with Crippen molar-refractivity contribution in [1.82, 2.24) is 14.8 Å². The first kappa shape index (κ1) is 11.9. The maximum absolute atomic E-state index is 9.10. The maximum atomic E-state index is 9.10. The zero-order valence-corrected chi connectivity index (χ0v) is 10.3. The molecule has 0 bridgehead atoms. The summed E-state index contributed by atoms with van der Waals surface area (Å²) in [4.78, 5) is 4.20. The van der Waals surface area contributed by atoms with Gasteiger partial charge in [0.1, 0.15) is 17.5 Å². The van der Waals surface area contributed by atoms with E-state index in [9.17, 15) is 0 Å².